The van der Waals surface area contributed by atoms with Crippen LogP contribution in [0.15, 0.2) is 24.3 Å². The highest BCUT2D eigenvalue weighted by molar-refractivity contribution is 5.93. The first kappa shape index (κ1) is 13.0. The topological polar surface area (TPSA) is 32.3 Å². The number of hydrogen-bond acceptors (Lipinski definition) is 2. The van der Waals surface area contributed by atoms with Crippen LogP contribution in [0.3, 0.4) is 0 Å². The van der Waals surface area contributed by atoms with E-state index in [-0.39, 0.29) is 11.7 Å². The van der Waals surface area contributed by atoms with Crippen molar-refractivity contribution in [1.29, 1.82) is 0 Å². The van der Waals surface area contributed by atoms with Crippen LogP contribution in [0.5, 0.6) is 0 Å². The van der Waals surface area contributed by atoms with Crippen LogP contribution in [-0.2, 0) is 0 Å². The van der Waals surface area contributed by atoms with E-state index in [1.807, 2.05) is 7.05 Å². The number of hydrogen-bond donors (Lipinski definition) is 1. The van der Waals surface area contributed by atoms with E-state index in [0.29, 0.717) is 11.5 Å². The van der Waals surface area contributed by atoms with Gasteiger partial charge in [-0.25, -0.2) is 4.39 Å². The lowest BCUT2D eigenvalue weighted by atomic mass is 9.97. The maximum atomic E-state index is 12.8. The molecule has 0 radical (unpaired) electrons. The summed E-state index contributed by atoms with van der Waals surface area (Å²) < 4.78 is 12.8. The lowest BCUT2D eigenvalue weighted by Crippen LogP contribution is -2.37. The van der Waals surface area contributed by atoms with Crippen molar-refractivity contribution in [2.45, 2.75) is 12.8 Å². The number of piperidine rings is 1. The van der Waals surface area contributed by atoms with Crippen molar-refractivity contribution < 1.29 is 9.18 Å². The summed E-state index contributed by atoms with van der Waals surface area (Å²) in [7, 11) is 1.81. The smallest absolute Gasteiger partial charge is 0.253 e. The second kappa shape index (κ2) is 5.96. The van der Waals surface area contributed by atoms with Gasteiger partial charge in [-0.05, 0) is 56.1 Å². The van der Waals surface area contributed by atoms with E-state index in [1.54, 1.807) is 4.90 Å². The summed E-state index contributed by atoms with van der Waals surface area (Å²) in [4.78, 5) is 13.9. The van der Waals surface area contributed by atoms with Gasteiger partial charge >= 0.3 is 0 Å². The third-order valence-corrected chi connectivity index (χ3v) is 3.43. The monoisotopic (exact) mass is 250 g/mol. The summed E-state index contributed by atoms with van der Waals surface area (Å²) in [6.45, 7) is 2.84. The van der Waals surface area contributed by atoms with Gasteiger partial charge in [-0.2, -0.15) is 0 Å². The first-order valence-electron chi connectivity index (χ1n) is 6.38. The molecule has 2 rings (SSSR count). The fraction of sp³-hybridized carbons (Fsp3) is 0.500. The van der Waals surface area contributed by atoms with Crippen molar-refractivity contribution in [3.05, 3.63) is 35.6 Å². The van der Waals surface area contributed by atoms with E-state index in [2.05, 4.69) is 5.32 Å². The zero-order valence-electron chi connectivity index (χ0n) is 10.7. The molecule has 1 aromatic carbocycles. The number of halogens is 1. The molecule has 0 spiro atoms. The standard InChI is InChI=1S/C14H19FN2O/c1-17(10-11-6-8-16-9-7-11)14(18)12-2-4-13(15)5-3-12/h2-5,11,16H,6-10H2,1H3. The number of carbonyl (C=O) groups excluding carboxylic acids is 1. The molecule has 1 aromatic rings. The summed E-state index contributed by atoms with van der Waals surface area (Å²) in [6.07, 6.45) is 2.22. The Balaban J connectivity index is 1.93. The van der Waals surface area contributed by atoms with Crippen LogP contribution < -0.4 is 5.32 Å². The molecule has 1 saturated heterocycles. The first-order valence-corrected chi connectivity index (χ1v) is 6.38. The largest absolute Gasteiger partial charge is 0.341 e. The molecule has 0 bridgehead atoms. The highest BCUT2D eigenvalue weighted by Gasteiger charge is 2.18. The summed E-state index contributed by atoms with van der Waals surface area (Å²) in [5.74, 6) is 0.224. The Bertz CT molecular complexity index is 399. The predicted octanol–water partition coefficient (Wildman–Crippen LogP) is 1.90. The molecule has 3 nitrogen and oxygen atoms in total. The van der Waals surface area contributed by atoms with Crippen molar-refractivity contribution in [2.24, 2.45) is 5.92 Å². The molecule has 0 atom stereocenters. The molecule has 18 heavy (non-hydrogen) atoms. The van der Waals surface area contributed by atoms with E-state index < -0.39 is 0 Å². The highest BCUT2D eigenvalue weighted by atomic mass is 19.1. The van der Waals surface area contributed by atoms with Gasteiger partial charge in [0.2, 0.25) is 0 Å². The predicted molar refractivity (Wildman–Crippen MR) is 69.0 cm³/mol. The fourth-order valence-electron chi connectivity index (χ4n) is 2.35. The Labute approximate surface area is 107 Å². The van der Waals surface area contributed by atoms with Crippen LogP contribution in [0.4, 0.5) is 4.39 Å². The molecule has 0 aliphatic carbocycles. The third-order valence-electron chi connectivity index (χ3n) is 3.43. The van der Waals surface area contributed by atoms with Gasteiger partial charge in [0, 0.05) is 19.2 Å². The summed E-state index contributed by atoms with van der Waals surface area (Å²) >= 11 is 0. The Morgan fingerprint density at radius 1 is 1.33 bits per heavy atom. The second-order valence-corrected chi connectivity index (χ2v) is 4.89. The fourth-order valence-corrected chi connectivity index (χ4v) is 2.35. The molecule has 1 aliphatic heterocycles. The van der Waals surface area contributed by atoms with Gasteiger partial charge in [0.25, 0.3) is 5.91 Å². The van der Waals surface area contributed by atoms with Crippen LogP contribution in [0.25, 0.3) is 0 Å². The average molecular weight is 250 g/mol. The molecule has 0 saturated carbocycles. The number of nitrogens with zero attached hydrogens (tertiary/aromatic N) is 1. The van der Waals surface area contributed by atoms with Gasteiger partial charge in [-0.3, -0.25) is 4.79 Å². The van der Waals surface area contributed by atoms with E-state index in [0.717, 1.165) is 32.5 Å². The number of amides is 1. The van der Waals surface area contributed by atoms with E-state index in [9.17, 15) is 9.18 Å². The molecule has 1 fully saturated rings. The minimum atomic E-state index is -0.312. The van der Waals surface area contributed by atoms with Gasteiger partial charge in [0.1, 0.15) is 5.82 Å². The molecule has 1 N–H and O–H groups in total. The summed E-state index contributed by atoms with van der Waals surface area (Å²) in [5, 5.41) is 3.31. The number of carbonyl (C=O) groups is 1. The molecule has 4 heteroatoms. The lowest BCUT2D eigenvalue weighted by Gasteiger charge is -2.27. The average Bonchev–Trinajstić information content (AvgIpc) is 2.40. The van der Waals surface area contributed by atoms with Crippen LogP contribution in [0, 0.1) is 11.7 Å². The third kappa shape index (κ3) is 3.29. The molecule has 0 unspecified atom stereocenters. The van der Waals surface area contributed by atoms with E-state index >= 15 is 0 Å². The van der Waals surface area contributed by atoms with Gasteiger partial charge in [0.05, 0.1) is 0 Å². The molecule has 1 heterocycles. The summed E-state index contributed by atoms with van der Waals surface area (Å²) in [5.41, 5.74) is 0.549. The SMILES string of the molecule is CN(CC1CCNCC1)C(=O)c1ccc(F)cc1. The maximum absolute atomic E-state index is 12.8. The van der Waals surface area contributed by atoms with Gasteiger partial charge in [-0.1, -0.05) is 0 Å². The quantitative estimate of drug-likeness (QED) is 0.888. The lowest BCUT2D eigenvalue weighted by molar-refractivity contribution is 0.0762. The second-order valence-electron chi connectivity index (χ2n) is 4.89. The first-order chi connectivity index (χ1) is 8.66. The van der Waals surface area contributed by atoms with Crippen molar-refractivity contribution in [2.75, 3.05) is 26.7 Å². The van der Waals surface area contributed by atoms with Gasteiger partial charge in [-0.15, -0.1) is 0 Å². The minimum Gasteiger partial charge on any atom is -0.341 e. The molecular weight excluding hydrogens is 231 g/mol. The van der Waals surface area contributed by atoms with E-state index in [4.69, 9.17) is 0 Å². The Hall–Kier alpha value is -1.42. The van der Waals surface area contributed by atoms with Gasteiger partial charge < -0.3 is 10.2 Å². The van der Waals surface area contributed by atoms with Crippen LogP contribution in [0.1, 0.15) is 23.2 Å². The minimum absolute atomic E-state index is 0.0338. The number of rotatable bonds is 3. The van der Waals surface area contributed by atoms with Crippen LogP contribution >= 0.6 is 0 Å². The van der Waals surface area contributed by atoms with Crippen molar-refractivity contribution in [1.82, 2.24) is 10.2 Å². The summed E-state index contributed by atoms with van der Waals surface area (Å²) in [6, 6.07) is 5.73. The van der Waals surface area contributed by atoms with Crippen LogP contribution in [0.2, 0.25) is 0 Å². The molecule has 0 aromatic heterocycles. The van der Waals surface area contributed by atoms with Crippen molar-refractivity contribution in [3.63, 3.8) is 0 Å². The maximum Gasteiger partial charge on any atom is 0.253 e. The van der Waals surface area contributed by atoms with Gasteiger partial charge in [0.15, 0.2) is 0 Å². The van der Waals surface area contributed by atoms with E-state index in [1.165, 1.54) is 24.3 Å². The molecular formula is C14H19FN2O. The Morgan fingerprint density at radius 3 is 2.56 bits per heavy atom. The van der Waals surface area contributed by atoms with Crippen molar-refractivity contribution in [3.8, 4) is 0 Å². The Kier molecular flexibility index (Phi) is 4.31. The molecule has 1 amide bonds. The van der Waals surface area contributed by atoms with Crippen molar-refractivity contribution >= 4 is 5.91 Å². The zero-order chi connectivity index (χ0) is 13.0. The zero-order valence-corrected chi connectivity index (χ0v) is 10.7. The Morgan fingerprint density at radius 2 is 1.94 bits per heavy atom. The number of nitrogens with one attached hydrogen (secondary N) is 1. The van der Waals surface area contributed by atoms with Crippen LogP contribution in [-0.4, -0.2) is 37.5 Å². The number of benzene rings is 1. The molecule has 1 aliphatic rings. The normalized spacial score (nSPS) is 16.6. The molecule has 98 valence electrons. The highest BCUT2D eigenvalue weighted by Crippen LogP contribution is 2.14.